The number of nitrogens with zero attached hydrogens (tertiary/aromatic N) is 3. The molecule has 2 saturated heterocycles. The van der Waals surface area contributed by atoms with Gasteiger partial charge in [-0.05, 0) is 45.1 Å². The number of aromatic amines is 1. The van der Waals surface area contributed by atoms with Crippen LogP contribution in [-0.4, -0.2) is 64.4 Å². The summed E-state index contributed by atoms with van der Waals surface area (Å²) < 4.78 is 0. The minimum atomic E-state index is -0.168. The number of H-pyrrole nitrogens is 1. The lowest BCUT2D eigenvalue weighted by Gasteiger charge is -2.53. The maximum Gasteiger partial charge on any atom is 0.226 e. The molecule has 0 unspecified atom stereocenters. The van der Waals surface area contributed by atoms with Gasteiger partial charge in [-0.3, -0.25) is 9.69 Å². The average Bonchev–Trinajstić information content (AvgIpc) is 3.12. The fourth-order valence-electron chi connectivity index (χ4n) is 5.59. The van der Waals surface area contributed by atoms with Crippen molar-refractivity contribution in [3.05, 3.63) is 17.7 Å². The molecule has 3 aliphatic heterocycles. The van der Waals surface area contributed by atoms with E-state index in [0.717, 1.165) is 70.5 Å². The second-order valence-electron chi connectivity index (χ2n) is 8.67. The Labute approximate surface area is 155 Å². The lowest BCUT2D eigenvalue weighted by atomic mass is 9.75. The molecule has 26 heavy (non-hydrogen) atoms. The minimum Gasteiger partial charge on any atom is -0.348 e. The van der Waals surface area contributed by atoms with E-state index in [2.05, 4.69) is 20.1 Å². The number of carbonyl (C=O) groups excluding carboxylic acids is 1. The Bertz CT molecular complexity index is 653. The molecule has 5 rings (SSSR count). The third-order valence-electron chi connectivity index (χ3n) is 7.39. The van der Waals surface area contributed by atoms with Gasteiger partial charge in [0.2, 0.25) is 5.91 Å². The van der Waals surface area contributed by atoms with Crippen LogP contribution in [0.5, 0.6) is 0 Å². The van der Waals surface area contributed by atoms with Crippen molar-refractivity contribution in [3.8, 4) is 0 Å². The summed E-state index contributed by atoms with van der Waals surface area (Å²) in [6.07, 6.45) is 10.8. The molecule has 0 radical (unpaired) electrons. The third kappa shape index (κ3) is 2.61. The van der Waals surface area contributed by atoms with Crippen LogP contribution >= 0.6 is 0 Å². The molecule has 1 atom stereocenters. The second kappa shape index (κ2) is 6.64. The molecule has 1 aromatic rings. The Balaban J connectivity index is 1.39. The first kappa shape index (κ1) is 16.8. The molecule has 142 valence electrons. The van der Waals surface area contributed by atoms with Gasteiger partial charge in [-0.25, -0.2) is 4.98 Å². The summed E-state index contributed by atoms with van der Waals surface area (Å²) >= 11 is 0. The van der Waals surface area contributed by atoms with Crippen LogP contribution in [0.3, 0.4) is 0 Å². The first-order valence-electron chi connectivity index (χ1n) is 10.6. The normalized spacial score (nSPS) is 29.4. The molecule has 1 aromatic heterocycles. The van der Waals surface area contributed by atoms with Crippen molar-refractivity contribution < 1.29 is 4.79 Å². The number of hydrogen-bond donors (Lipinski definition) is 2. The van der Waals surface area contributed by atoms with E-state index in [4.69, 9.17) is 4.98 Å². The van der Waals surface area contributed by atoms with Gasteiger partial charge in [-0.1, -0.05) is 6.42 Å². The van der Waals surface area contributed by atoms with Gasteiger partial charge >= 0.3 is 0 Å². The Kier molecular flexibility index (Phi) is 4.28. The fourth-order valence-corrected chi connectivity index (χ4v) is 5.59. The highest BCUT2D eigenvalue weighted by molar-refractivity contribution is 5.81. The number of fused-ring (bicyclic) bond motifs is 2. The van der Waals surface area contributed by atoms with Crippen LogP contribution in [0.1, 0.15) is 56.3 Å². The molecule has 1 saturated carbocycles. The van der Waals surface area contributed by atoms with Crippen molar-refractivity contribution in [2.75, 3.05) is 32.7 Å². The maximum atomic E-state index is 13.2. The standard InChI is InChI=1S/C20H31N5O/c26-19(15-3-1-4-15)25-10-6-17-18(23-14-22-17)20(25)7-11-24(12-8-20)16-5-2-9-21-13-16/h14-16,21H,1-13H2,(H,22,23)/t16-/m1/s1. The number of likely N-dealkylation sites (tertiary alicyclic amines) is 1. The zero-order valence-electron chi connectivity index (χ0n) is 15.7. The van der Waals surface area contributed by atoms with Crippen LogP contribution in [-0.2, 0) is 16.8 Å². The summed E-state index contributed by atoms with van der Waals surface area (Å²) in [7, 11) is 0. The molecule has 6 heteroatoms. The number of amides is 1. The van der Waals surface area contributed by atoms with Gasteiger partial charge in [0.1, 0.15) is 0 Å². The molecule has 6 nitrogen and oxygen atoms in total. The number of carbonyl (C=O) groups is 1. The van der Waals surface area contributed by atoms with Gasteiger partial charge in [-0.2, -0.15) is 0 Å². The number of imidazole rings is 1. The molecule has 0 bridgehead atoms. The number of hydrogen-bond acceptors (Lipinski definition) is 4. The molecule has 2 N–H and O–H groups in total. The van der Waals surface area contributed by atoms with Crippen LogP contribution in [0.4, 0.5) is 0 Å². The van der Waals surface area contributed by atoms with Crippen molar-refractivity contribution in [3.63, 3.8) is 0 Å². The highest BCUT2D eigenvalue weighted by Crippen LogP contribution is 2.44. The van der Waals surface area contributed by atoms with E-state index < -0.39 is 0 Å². The quantitative estimate of drug-likeness (QED) is 0.845. The van der Waals surface area contributed by atoms with Gasteiger partial charge in [0.15, 0.2) is 0 Å². The molecule has 1 spiro atoms. The fraction of sp³-hybridized carbons (Fsp3) is 0.800. The lowest BCUT2D eigenvalue weighted by Crippen LogP contribution is -2.61. The predicted molar refractivity (Wildman–Crippen MR) is 99.7 cm³/mol. The number of aromatic nitrogens is 2. The molecule has 1 aliphatic carbocycles. The molecule has 3 fully saturated rings. The largest absolute Gasteiger partial charge is 0.348 e. The topological polar surface area (TPSA) is 64.3 Å². The third-order valence-corrected chi connectivity index (χ3v) is 7.39. The molecular formula is C20H31N5O. The average molecular weight is 358 g/mol. The van der Waals surface area contributed by atoms with Crippen LogP contribution in [0.2, 0.25) is 0 Å². The predicted octanol–water partition coefficient (Wildman–Crippen LogP) is 1.64. The van der Waals surface area contributed by atoms with Gasteiger partial charge in [0.05, 0.1) is 17.6 Å². The van der Waals surface area contributed by atoms with Crippen molar-refractivity contribution >= 4 is 5.91 Å². The summed E-state index contributed by atoms with van der Waals surface area (Å²) in [6, 6.07) is 0.666. The number of rotatable bonds is 2. The highest BCUT2D eigenvalue weighted by atomic mass is 16.2. The van der Waals surface area contributed by atoms with Crippen LogP contribution < -0.4 is 5.32 Å². The lowest BCUT2D eigenvalue weighted by molar-refractivity contribution is -0.149. The molecule has 4 heterocycles. The van der Waals surface area contributed by atoms with Crippen molar-refractivity contribution in [1.82, 2.24) is 25.1 Å². The molecule has 4 aliphatic rings. The van der Waals surface area contributed by atoms with Crippen molar-refractivity contribution in [2.45, 2.75) is 62.9 Å². The summed E-state index contributed by atoms with van der Waals surface area (Å²) in [5, 5.41) is 3.55. The second-order valence-corrected chi connectivity index (χ2v) is 8.67. The van der Waals surface area contributed by atoms with Crippen LogP contribution in [0.25, 0.3) is 0 Å². The smallest absolute Gasteiger partial charge is 0.226 e. The van der Waals surface area contributed by atoms with Gasteiger partial charge in [-0.15, -0.1) is 0 Å². The van der Waals surface area contributed by atoms with Gasteiger partial charge in [0.25, 0.3) is 0 Å². The summed E-state index contributed by atoms with van der Waals surface area (Å²) in [4.78, 5) is 26.2. The van der Waals surface area contributed by atoms with E-state index in [-0.39, 0.29) is 11.5 Å². The molecular weight excluding hydrogens is 326 g/mol. The van der Waals surface area contributed by atoms with E-state index in [1.165, 1.54) is 25.0 Å². The summed E-state index contributed by atoms with van der Waals surface area (Å²) in [6.45, 7) is 5.29. The van der Waals surface area contributed by atoms with E-state index in [0.29, 0.717) is 11.9 Å². The first-order chi connectivity index (χ1) is 12.8. The zero-order chi connectivity index (χ0) is 17.6. The number of piperidine rings is 2. The van der Waals surface area contributed by atoms with E-state index in [9.17, 15) is 4.79 Å². The van der Waals surface area contributed by atoms with E-state index in [1.54, 1.807) is 0 Å². The van der Waals surface area contributed by atoms with Crippen molar-refractivity contribution in [1.29, 1.82) is 0 Å². The number of nitrogens with one attached hydrogen (secondary N) is 2. The Hall–Kier alpha value is -1.40. The maximum absolute atomic E-state index is 13.2. The Morgan fingerprint density at radius 3 is 2.69 bits per heavy atom. The van der Waals surface area contributed by atoms with Crippen LogP contribution in [0.15, 0.2) is 6.33 Å². The van der Waals surface area contributed by atoms with E-state index >= 15 is 0 Å². The summed E-state index contributed by atoms with van der Waals surface area (Å²) in [5.41, 5.74) is 2.26. The molecule has 1 amide bonds. The molecule has 0 aromatic carbocycles. The highest BCUT2D eigenvalue weighted by Gasteiger charge is 2.50. The van der Waals surface area contributed by atoms with Crippen molar-refractivity contribution in [2.24, 2.45) is 5.92 Å². The summed E-state index contributed by atoms with van der Waals surface area (Å²) in [5.74, 6) is 0.672. The SMILES string of the molecule is O=C(C1CCC1)N1CCc2[nH]cnc2C12CCN([C@@H]1CCCNC1)CC2. The van der Waals surface area contributed by atoms with Gasteiger partial charge < -0.3 is 15.2 Å². The van der Waals surface area contributed by atoms with E-state index in [1.807, 2.05) is 6.33 Å². The zero-order valence-corrected chi connectivity index (χ0v) is 15.7. The monoisotopic (exact) mass is 357 g/mol. The van der Waals surface area contributed by atoms with Gasteiger partial charge in [0, 0.05) is 50.3 Å². The Morgan fingerprint density at radius 1 is 1.15 bits per heavy atom. The Morgan fingerprint density at radius 2 is 2.00 bits per heavy atom. The first-order valence-corrected chi connectivity index (χ1v) is 10.6. The van der Waals surface area contributed by atoms with Crippen LogP contribution in [0, 0.1) is 5.92 Å². The minimum absolute atomic E-state index is 0.168.